The Hall–Kier alpha value is -1.85. The van der Waals surface area contributed by atoms with Crippen molar-refractivity contribution >= 4 is 40.4 Å². The molecule has 0 amide bonds. The summed E-state index contributed by atoms with van der Waals surface area (Å²) in [5.41, 5.74) is 1.41. The minimum Gasteiger partial charge on any atom is -0.339 e. The molecule has 0 bridgehead atoms. The molecule has 0 atom stereocenters. The van der Waals surface area contributed by atoms with Gasteiger partial charge in [-0.05, 0) is 18.6 Å². The van der Waals surface area contributed by atoms with Gasteiger partial charge < -0.3 is 5.32 Å². The lowest BCUT2D eigenvalue weighted by atomic mass is 10.2. The number of nitrogens with one attached hydrogen (secondary N) is 1. The number of nitrogens with zero attached hydrogens (tertiary/aromatic N) is 2. The number of hydrogen-bond acceptors (Lipinski definition) is 4. The summed E-state index contributed by atoms with van der Waals surface area (Å²) in [6.07, 6.45) is 0. The van der Waals surface area contributed by atoms with Crippen LogP contribution in [-0.4, -0.2) is 9.91 Å². The highest BCUT2D eigenvalue weighted by Gasteiger charge is 2.12. The van der Waals surface area contributed by atoms with Gasteiger partial charge in [-0.25, -0.2) is 4.98 Å². The van der Waals surface area contributed by atoms with Gasteiger partial charge >= 0.3 is 0 Å². The van der Waals surface area contributed by atoms with Crippen molar-refractivity contribution < 1.29 is 4.92 Å². The molecule has 0 aliphatic heterocycles. The number of pyridine rings is 1. The van der Waals surface area contributed by atoms with E-state index < -0.39 is 4.92 Å². The van der Waals surface area contributed by atoms with Gasteiger partial charge in [0.15, 0.2) is 0 Å². The lowest BCUT2D eigenvalue weighted by molar-refractivity contribution is -0.384. The van der Waals surface area contributed by atoms with Crippen molar-refractivity contribution in [1.29, 1.82) is 0 Å². The molecule has 2 rings (SSSR count). The maximum atomic E-state index is 10.8. The van der Waals surface area contributed by atoms with E-state index in [4.69, 9.17) is 23.2 Å². The van der Waals surface area contributed by atoms with Crippen molar-refractivity contribution in [1.82, 2.24) is 4.98 Å². The van der Waals surface area contributed by atoms with Crippen LogP contribution in [0.2, 0.25) is 10.2 Å². The summed E-state index contributed by atoms with van der Waals surface area (Å²) in [5.74, 6) is 0.274. The molecule has 19 heavy (non-hydrogen) atoms. The fraction of sp³-hybridized carbons (Fsp3) is 0.0833. The topological polar surface area (TPSA) is 68.1 Å². The van der Waals surface area contributed by atoms with Crippen LogP contribution >= 0.6 is 23.2 Å². The van der Waals surface area contributed by atoms with Crippen LogP contribution in [0.4, 0.5) is 17.2 Å². The van der Waals surface area contributed by atoms with E-state index in [-0.39, 0.29) is 16.7 Å². The van der Waals surface area contributed by atoms with Gasteiger partial charge in [0, 0.05) is 0 Å². The third-order valence-electron chi connectivity index (χ3n) is 2.46. The lowest BCUT2D eigenvalue weighted by Gasteiger charge is -2.10. The molecule has 1 aromatic carbocycles. The molecule has 0 saturated carbocycles. The summed E-state index contributed by atoms with van der Waals surface area (Å²) in [4.78, 5) is 14.2. The number of benzene rings is 1. The summed E-state index contributed by atoms with van der Waals surface area (Å²) in [6.45, 7) is 1.87. The Morgan fingerprint density at radius 3 is 2.68 bits per heavy atom. The molecule has 0 aliphatic rings. The SMILES string of the molecule is Cc1cccc(Cl)c1Nc1cc([N+](=O)[O-])cc(Cl)n1. The van der Waals surface area contributed by atoms with Crippen LogP contribution < -0.4 is 5.32 Å². The van der Waals surface area contributed by atoms with Crippen molar-refractivity contribution in [2.75, 3.05) is 5.32 Å². The monoisotopic (exact) mass is 297 g/mol. The molecule has 0 spiro atoms. The molecule has 1 N–H and O–H groups in total. The first kappa shape index (κ1) is 13.6. The van der Waals surface area contributed by atoms with Gasteiger partial charge in [0.25, 0.3) is 5.69 Å². The third-order valence-corrected chi connectivity index (χ3v) is 2.97. The van der Waals surface area contributed by atoms with Gasteiger partial charge in [-0.3, -0.25) is 10.1 Å². The number of rotatable bonds is 3. The molecule has 5 nitrogen and oxygen atoms in total. The van der Waals surface area contributed by atoms with Crippen LogP contribution in [0.15, 0.2) is 30.3 Å². The molecule has 1 heterocycles. The van der Waals surface area contributed by atoms with Crippen LogP contribution in [0.1, 0.15) is 5.56 Å². The van der Waals surface area contributed by atoms with Crippen molar-refractivity contribution in [2.24, 2.45) is 0 Å². The van der Waals surface area contributed by atoms with E-state index in [0.29, 0.717) is 10.7 Å². The van der Waals surface area contributed by atoms with Gasteiger partial charge in [0.05, 0.1) is 27.8 Å². The highest BCUT2D eigenvalue weighted by molar-refractivity contribution is 6.33. The van der Waals surface area contributed by atoms with Crippen LogP contribution in [0, 0.1) is 17.0 Å². The Labute approximate surface area is 119 Å². The van der Waals surface area contributed by atoms with Gasteiger partial charge in [0.1, 0.15) is 11.0 Å². The number of hydrogen-bond donors (Lipinski definition) is 1. The number of para-hydroxylation sites is 1. The smallest absolute Gasteiger partial charge is 0.276 e. The number of anilines is 2. The minimum atomic E-state index is -0.530. The Morgan fingerprint density at radius 2 is 2.05 bits per heavy atom. The van der Waals surface area contributed by atoms with E-state index in [0.717, 1.165) is 5.56 Å². The molecule has 98 valence electrons. The van der Waals surface area contributed by atoms with E-state index in [1.54, 1.807) is 6.07 Å². The maximum absolute atomic E-state index is 10.8. The van der Waals surface area contributed by atoms with Gasteiger partial charge in [-0.2, -0.15) is 0 Å². The Balaban J connectivity index is 2.41. The normalized spacial score (nSPS) is 10.3. The first-order valence-corrected chi connectivity index (χ1v) is 6.07. The summed E-state index contributed by atoms with van der Waals surface area (Å²) in [6, 6.07) is 7.89. The molecule has 0 aliphatic carbocycles. The predicted octanol–water partition coefficient (Wildman–Crippen LogP) is 4.35. The van der Waals surface area contributed by atoms with Gasteiger partial charge in [-0.15, -0.1) is 0 Å². The zero-order valence-corrected chi connectivity index (χ0v) is 11.4. The molecule has 7 heteroatoms. The van der Waals surface area contributed by atoms with E-state index in [1.807, 2.05) is 19.1 Å². The number of nitro groups is 1. The molecule has 0 saturated heterocycles. The number of aromatic nitrogens is 1. The van der Waals surface area contributed by atoms with E-state index in [2.05, 4.69) is 10.3 Å². The summed E-state index contributed by atoms with van der Waals surface area (Å²) in [5, 5.41) is 14.2. The zero-order chi connectivity index (χ0) is 14.0. The maximum Gasteiger partial charge on any atom is 0.276 e. The van der Waals surface area contributed by atoms with Crippen molar-refractivity contribution in [3.63, 3.8) is 0 Å². The van der Waals surface area contributed by atoms with Crippen LogP contribution in [0.5, 0.6) is 0 Å². The molecule has 0 radical (unpaired) electrons. The second-order valence-corrected chi connectivity index (χ2v) is 4.64. The summed E-state index contributed by atoms with van der Waals surface area (Å²) in [7, 11) is 0. The van der Waals surface area contributed by atoms with Crippen molar-refractivity contribution in [3.05, 3.63) is 56.2 Å². The van der Waals surface area contributed by atoms with E-state index >= 15 is 0 Å². The first-order valence-electron chi connectivity index (χ1n) is 5.31. The quantitative estimate of drug-likeness (QED) is 0.519. The van der Waals surface area contributed by atoms with Crippen molar-refractivity contribution in [2.45, 2.75) is 6.92 Å². The summed E-state index contributed by atoms with van der Waals surface area (Å²) >= 11 is 11.8. The van der Waals surface area contributed by atoms with Gasteiger partial charge in [-0.1, -0.05) is 35.3 Å². The lowest BCUT2D eigenvalue weighted by Crippen LogP contribution is -1.98. The van der Waals surface area contributed by atoms with Gasteiger partial charge in [0.2, 0.25) is 0 Å². The second kappa shape index (κ2) is 5.42. The number of aryl methyl sites for hydroxylation is 1. The highest BCUT2D eigenvalue weighted by Crippen LogP contribution is 2.30. The molecule has 0 fully saturated rings. The predicted molar refractivity (Wildman–Crippen MR) is 75.4 cm³/mol. The molecular formula is C12H9Cl2N3O2. The zero-order valence-electron chi connectivity index (χ0n) is 9.85. The fourth-order valence-corrected chi connectivity index (χ4v) is 2.04. The molecule has 1 aromatic heterocycles. The average Bonchev–Trinajstić information content (AvgIpc) is 2.33. The third kappa shape index (κ3) is 3.13. The van der Waals surface area contributed by atoms with Crippen LogP contribution in [0.25, 0.3) is 0 Å². The first-order chi connectivity index (χ1) is 8.97. The average molecular weight is 298 g/mol. The Kier molecular flexibility index (Phi) is 3.87. The van der Waals surface area contributed by atoms with Crippen LogP contribution in [0.3, 0.4) is 0 Å². The molecule has 0 unspecified atom stereocenters. The minimum absolute atomic E-state index is 0.0430. The second-order valence-electron chi connectivity index (χ2n) is 3.85. The summed E-state index contributed by atoms with van der Waals surface area (Å²) < 4.78 is 0. The number of halogens is 2. The standard InChI is InChI=1S/C12H9Cl2N3O2/c1-7-3-2-4-9(13)12(7)16-11-6-8(17(18)19)5-10(14)15-11/h2-6H,1H3,(H,15,16). The molecular weight excluding hydrogens is 289 g/mol. The Bertz CT molecular complexity index is 627. The van der Waals surface area contributed by atoms with Crippen LogP contribution in [-0.2, 0) is 0 Å². The highest BCUT2D eigenvalue weighted by atomic mass is 35.5. The fourth-order valence-electron chi connectivity index (χ4n) is 1.57. The van der Waals surface area contributed by atoms with Crippen molar-refractivity contribution in [3.8, 4) is 0 Å². The van der Waals surface area contributed by atoms with E-state index in [1.165, 1.54) is 12.1 Å². The van der Waals surface area contributed by atoms with E-state index in [9.17, 15) is 10.1 Å². The Morgan fingerprint density at radius 1 is 1.32 bits per heavy atom. The molecule has 2 aromatic rings. The largest absolute Gasteiger partial charge is 0.339 e.